The molecule has 0 aliphatic rings. The van der Waals surface area contributed by atoms with E-state index in [0.717, 1.165) is 16.1 Å². The Morgan fingerprint density at radius 3 is 2.88 bits per heavy atom. The van der Waals surface area contributed by atoms with E-state index in [-0.39, 0.29) is 0 Å². The first-order valence-corrected chi connectivity index (χ1v) is 6.41. The van der Waals surface area contributed by atoms with Gasteiger partial charge < -0.3 is 0 Å². The molecule has 2 aromatic heterocycles. The predicted molar refractivity (Wildman–Crippen MR) is 72.6 cm³/mol. The number of nitrogens with zero attached hydrogens (tertiary/aromatic N) is 2. The molecule has 0 spiro atoms. The number of fused-ring (bicyclic) bond motifs is 1. The Hall–Kier alpha value is -1.45. The van der Waals surface area contributed by atoms with Gasteiger partial charge in [-0.15, -0.1) is 11.3 Å². The number of thiophene rings is 1. The van der Waals surface area contributed by atoms with Gasteiger partial charge in [-0.25, -0.2) is 9.97 Å². The van der Waals surface area contributed by atoms with Gasteiger partial charge in [0.2, 0.25) is 5.28 Å². The van der Waals surface area contributed by atoms with Gasteiger partial charge in [0.05, 0.1) is 10.6 Å². The first-order valence-electron chi connectivity index (χ1n) is 5.22. The van der Waals surface area contributed by atoms with E-state index < -0.39 is 0 Å². The third-order valence-corrected chi connectivity index (χ3v) is 3.91. The summed E-state index contributed by atoms with van der Waals surface area (Å²) < 4.78 is 1.26. The van der Waals surface area contributed by atoms with Crippen molar-refractivity contribution in [1.82, 2.24) is 9.97 Å². The van der Waals surface area contributed by atoms with Crippen LogP contribution in [0.5, 0.6) is 0 Å². The molecule has 0 fully saturated rings. The van der Waals surface area contributed by atoms with Gasteiger partial charge in [0, 0.05) is 10.9 Å². The molecule has 2 nitrogen and oxygen atoms in total. The molecule has 0 bridgehead atoms. The van der Waals surface area contributed by atoms with Crippen molar-refractivity contribution in [2.45, 2.75) is 6.92 Å². The first kappa shape index (κ1) is 10.7. The number of halogens is 1. The zero-order valence-corrected chi connectivity index (χ0v) is 10.7. The largest absolute Gasteiger partial charge is 0.226 e. The maximum Gasteiger partial charge on any atom is 0.222 e. The first-order chi connectivity index (χ1) is 8.24. The summed E-state index contributed by atoms with van der Waals surface area (Å²) in [5, 5.41) is 1.53. The van der Waals surface area contributed by atoms with Crippen molar-refractivity contribution in [3.8, 4) is 10.6 Å². The average molecular weight is 261 g/mol. The van der Waals surface area contributed by atoms with Gasteiger partial charge in [-0.05, 0) is 41.6 Å². The lowest BCUT2D eigenvalue weighted by atomic mass is 10.2. The number of aromatic nitrogens is 2. The highest BCUT2D eigenvalue weighted by Crippen LogP contribution is 2.33. The monoisotopic (exact) mass is 260 g/mol. The summed E-state index contributed by atoms with van der Waals surface area (Å²) in [5.74, 6) is 0. The molecule has 0 saturated heterocycles. The van der Waals surface area contributed by atoms with E-state index in [0.29, 0.717) is 5.28 Å². The van der Waals surface area contributed by atoms with Gasteiger partial charge >= 0.3 is 0 Å². The van der Waals surface area contributed by atoms with E-state index in [2.05, 4.69) is 28.2 Å². The summed E-state index contributed by atoms with van der Waals surface area (Å²) in [6.45, 7) is 2.00. The summed E-state index contributed by atoms with van der Waals surface area (Å²) in [4.78, 5) is 9.41. The molecule has 0 saturated carbocycles. The third kappa shape index (κ3) is 1.92. The van der Waals surface area contributed by atoms with E-state index in [1.165, 1.54) is 10.1 Å². The predicted octanol–water partition coefficient (Wildman–Crippen LogP) is 4.32. The maximum absolute atomic E-state index is 5.85. The van der Waals surface area contributed by atoms with Gasteiger partial charge in [0.1, 0.15) is 0 Å². The highest BCUT2D eigenvalue weighted by molar-refractivity contribution is 7.22. The molecule has 3 aromatic rings. The fraction of sp³-hybridized carbons (Fsp3) is 0.0769. The smallest absolute Gasteiger partial charge is 0.222 e. The van der Waals surface area contributed by atoms with E-state index >= 15 is 0 Å². The van der Waals surface area contributed by atoms with Crippen LogP contribution in [0.3, 0.4) is 0 Å². The van der Waals surface area contributed by atoms with Gasteiger partial charge in [-0.2, -0.15) is 0 Å². The minimum atomic E-state index is 0.294. The van der Waals surface area contributed by atoms with E-state index in [4.69, 9.17) is 11.6 Å². The van der Waals surface area contributed by atoms with Gasteiger partial charge in [0.25, 0.3) is 0 Å². The van der Waals surface area contributed by atoms with E-state index in [1.54, 1.807) is 17.5 Å². The Labute approximate surface area is 108 Å². The number of hydrogen-bond acceptors (Lipinski definition) is 3. The minimum absolute atomic E-state index is 0.294. The molecule has 0 atom stereocenters. The number of rotatable bonds is 1. The molecule has 0 amide bonds. The second-order valence-corrected chi connectivity index (χ2v) is 5.24. The summed E-state index contributed by atoms with van der Waals surface area (Å²) in [7, 11) is 0. The molecule has 0 unspecified atom stereocenters. The highest BCUT2D eigenvalue weighted by Gasteiger charge is 2.09. The van der Waals surface area contributed by atoms with Crippen LogP contribution in [0.4, 0.5) is 0 Å². The SMILES string of the molecule is Cc1cnc(Cl)nc1-c1cc2ccccc2s1. The molecule has 17 heavy (non-hydrogen) atoms. The summed E-state index contributed by atoms with van der Waals surface area (Å²) in [5.41, 5.74) is 1.96. The average Bonchev–Trinajstić information content (AvgIpc) is 2.75. The maximum atomic E-state index is 5.85. The van der Waals surface area contributed by atoms with Gasteiger partial charge in [-0.3, -0.25) is 0 Å². The van der Waals surface area contributed by atoms with Crippen LogP contribution in [0, 0.1) is 6.92 Å². The summed E-state index contributed by atoms with van der Waals surface area (Å²) >= 11 is 7.57. The van der Waals surface area contributed by atoms with Crippen molar-refractivity contribution in [2.75, 3.05) is 0 Å². The molecule has 3 rings (SSSR count). The Bertz CT molecular complexity index is 658. The summed E-state index contributed by atoms with van der Waals surface area (Å²) in [6, 6.07) is 10.4. The number of aryl methyl sites for hydroxylation is 1. The topological polar surface area (TPSA) is 25.8 Å². The molecule has 2 heterocycles. The molecule has 0 N–H and O–H groups in total. The lowest BCUT2D eigenvalue weighted by molar-refractivity contribution is 1.14. The van der Waals surface area contributed by atoms with Crippen LogP contribution >= 0.6 is 22.9 Å². The lowest BCUT2D eigenvalue weighted by Gasteiger charge is -2.00. The zero-order valence-electron chi connectivity index (χ0n) is 9.14. The van der Waals surface area contributed by atoms with Gasteiger partial charge in [-0.1, -0.05) is 18.2 Å². The standard InChI is InChI=1S/C13H9ClN2S/c1-8-7-15-13(14)16-12(8)11-6-9-4-2-3-5-10(9)17-11/h2-7H,1H3. The van der Waals surface area contributed by atoms with Crippen LogP contribution < -0.4 is 0 Å². The van der Waals surface area contributed by atoms with Crippen LogP contribution in [0.15, 0.2) is 36.5 Å². The fourth-order valence-corrected chi connectivity index (χ4v) is 3.02. The number of benzene rings is 1. The second kappa shape index (κ2) is 4.09. The second-order valence-electron chi connectivity index (χ2n) is 3.82. The summed E-state index contributed by atoms with van der Waals surface area (Å²) in [6.07, 6.45) is 1.76. The molecule has 84 valence electrons. The fourth-order valence-electron chi connectivity index (χ4n) is 1.77. The Kier molecular flexibility index (Phi) is 2.57. The molecular formula is C13H9ClN2S. The molecule has 0 radical (unpaired) electrons. The van der Waals surface area contributed by atoms with Crippen molar-refractivity contribution in [2.24, 2.45) is 0 Å². The Morgan fingerprint density at radius 2 is 2.06 bits per heavy atom. The van der Waals surface area contributed by atoms with Gasteiger partial charge in [0.15, 0.2) is 0 Å². The van der Waals surface area contributed by atoms with Crippen molar-refractivity contribution in [3.05, 3.63) is 47.4 Å². The van der Waals surface area contributed by atoms with Crippen LogP contribution in [0.1, 0.15) is 5.56 Å². The number of hydrogen-bond donors (Lipinski definition) is 0. The van der Waals surface area contributed by atoms with Crippen molar-refractivity contribution in [3.63, 3.8) is 0 Å². The highest BCUT2D eigenvalue weighted by atomic mass is 35.5. The van der Waals surface area contributed by atoms with Crippen LogP contribution in [0.25, 0.3) is 20.7 Å². The Morgan fingerprint density at radius 1 is 1.24 bits per heavy atom. The molecule has 0 aliphatic carbocycles. The normalized spacial score (nSPS) is 10.9. The lowest BCUT2D eigenvalue weighted by Crippen LogP contribution is -1.89. The van der Waals surface area contributed by atoms with E-state index in [1.807, 2.05) is 19.1 Å². The molecular weight excluding hydrogens is 252 g/mol. The van der Waals surface area contributed by atoms with Crippen LogP contribution in [0.2, 0.25) is 5.28 Å². The Balaban J connectivity index is 2.23. The molecule has 1 aromatic carbocycles. The van der Waals surface area contributed by atoms with Crippen LogP contribution in [-0.2, 0) is 0 Å². The quantitative estimate of drug-likeness (QED) is 0.609. The molecule has 4 heteroatoms. The van der Waals surface area contributed by atoms with Crippen molar-refractivity contribution >= 4 is 33.0 Å². The molecule has 0 aliphatic heterocycles. The van der Waals surface area contributed by atoms with Crippen molar-refractivity contribution in [1.29, 1.82) is 0 Å². The van der Waals surface area contributed by atoms with E-state index in [9.17, 15) is 0 Å². The third-order valence-electron chi connectivity index (χ3n) is 2.60. The van der Waals surface area contributed by atoms with Crippen molar-refractivity contribution < 1.29 is 0 Å². The zero-order chi connectivity index (χ0) is 11.8. The minimum Gasteiger partial charge on any atom is -0.226 e. The van der Waals surface area contributed by atoms with Crippen LogP contribution in [-0.4, -0.2) is 9.97 Å².